The van der Waals surface area contributed by atoms with Crippen molar-refractivity contribution >= 4 is 0 Å². The molecule has 22 heavy (non-hydrogen) atoms. The molecule has 128 valence electrons. The molecule has 0 aromatic carbocycles. The number of hydrogen-bond donors (Lipinski definition) is 0. The third-order valence-electron chi connectivity index (χ3n) is 4.23. The quantitative estimate of drug-likeness (QED) is 0.637. The smallest absolute Gasteiger partial charge is 0.157 e. The van der Waals surface area contributed by atoms with Gasteiger partial charge in [0.1, 0.15) is 0 Å². The second kappa shape index (κ2) is 10.4. The zero-order valence-corrected chi connectivity index (χ0v) is 14.2. The van der Waals surface area contributed by atoms with E-state index in [1.54, 1.807) is 0 Å². The number of ether oxygens (including phenoxy) is 4. The molecule has 2 saturated heterocycles. The minimum atomic E-state index is -0.0517. The van der Waals surface area contributed by atoms with E-state index >= 15 is 0 Å². The third kappa shape index (κ3) is 6.37. The molecule has 0 unspecified atom stereocenters. The lowest BCUT2D eigenvalue weighted by atomic mass is 10.0. The van der Waals surface area contributed by atoms with Gasteiger partial charge in [0.15, 0.2) is 12.6 Å². The zero-order chi connectivity index (χ0) is 15.6. The Bertz CT molecular complexity index is 302. The van der Waals surface area contributed by atoms with Crippen LogP contribution in [0.3, 0.4) is 0 Å². The normalized spacial score (nSPS) is 33.4. The molecule has 0 aromatic rings. The van der Waals surface area contributed by atoms with Crippen LogP contribution in [0.5, 0.6) is 0 Å². The molecule has 0 radical (unpaired) electrons. The zero-order valence-electron chi connectivity index (χ0n) is 14.2. The van der Waals surface area contributed by atoms with Gasteiger partial charge in [-0.2, -0.15) is 0 Å². The highest BCUT2D eigenvalue weighted by atomic mass is 16.7. The summed E-state index contributed by atoms with van der Waals surface area (Å²) in [5.74, 6) is 0.890. The van der Waals surface area contributed by atoms with Crippen LogP contribution in [-0.4, -0.2) is 39.0 Å². The fourth-order valence-electron chi connectivity index (χ4n) is 2.82. The van der Waals surface area contributed by atoms with E-state index in [9.17, 15) is 0 Å². The Morgan fingerprint density at radius 2 is 1.41 bits per heavy atom. The van der Waals surface area contributed by atoms with Crippen LogP contribution in [0.25, 0.3) is 0 Å². The summed E-state index contributed by atoms with van der Waals surface area (Å²) in [4.78, 5) is 0. The fourth-order valence-corrected chi connectivity index (χ4v) is 2.82. The molecule has 0 N–H and O–H groups in total. The lowest BCUT2D eigenvalue weighted by Crippen LogP contribution is -2.34. The van der Waals surface area contributed by atoms with Crippen LogP contribution in [0.1, 0.15) is 52.4 Å². The maximum absolute atomic E-state index is 5.82. The van der Waals surface area contributed by atoms with Gasteiger partial charge in [-0.25, -0.2) is 0 Å². The maximum atomic E-state index is 5.82. The molecule has 0 aliphatic carbocycles. The molecular formula is C18H32O4. The molecule has 2 aliphatic heterocycles. The molecule has 0 spiro atoms. The SMILES string of the molecule is CCC/C=C/C1COC(CCC2COC(CCC)OC2)OC1. The van der Waals surface area contributed by atoms with Gasteiger partial charge in [0.05, 0.1) is 26.4 Å². The second-order valence-electron chi connectivity index (χ2n) is 6.40. The van der Waals surface area contributed by atoms with E-state index in [0.717, 1.165) is 58.5 Å². The van der Waals surface area contributed by atoms with E-state index in [4.69, 9.17) is 18.9 Å². The summed E-state index contributed by atoms with van der Waals surface area (Å²) < 4.78 is 23.1. The molecule has 2 fully saturated rings. The molecule has 0 amide bonds. The van der Waals surface area contributed by atoms with Crippen molar-refractivity contribution in [1.82, 2.24) is 0 Å². The first kappa shape index (κ1) is 17.9. The first-order chi connectivity index (χ1) is 10.8. The van der Waals surface area contributed by atoms with Gasteiger partial charge >= 0.3 is 0 Å². The Labute approximate surface area is 135 Å². The van der Waals surface area contributed by atoms with Crippen LogP contribution in [0.4, 0.5) is 0 Å². The van der Waals surface area contributed by atoms with Crippen LogP contribution >= 0.6 is 0 Å². The average Bonchev–Trinajstić information content (AvgIpc) is 2.56. The minimum Gasteiger partial charge on any atom is -0.352 e. The van der Waals surface area contributed by atoms with Crippen molar-refractivity contribution in [3.8, 4) is 0 Å². The van der Waals surface area contributed by atoms with Gasteiger partial charge in [-0.15, -0.1) is 0 Å². The summed E-state index contributed by atoms with van der Waals surface area (Å²) in [5, 5.41) is 0. The summed E-state index contributed by atoms with van der Waals surface area (Å²) in [5.41, 5.74) is 0. The van der Waals surface area contributed by atoms with Crippen LogP contribution in [-0.2, 0) is 18.9 Å². The Balaban J connectivity index is 1.55. The molecule has 4 nitrogen and oxygen atoms in total. The molecule has 0 bridgehead atoms. The van der Waals surface area contributed by atoms with Crippen LogP contribution < -0.4 is 0 Å². The lowest BCUT2D eigenvalue weighted by Gasteiger charge is -2.32. The topological polar surface area (TPSA) is 36.9 Å². The fraction of sp³-hybridized carbons (Fsp3) is 0.889. The van der Waals surface area contributed by atoms with Crippen molar-refractivity contribution < 1.29 is 18.9 Å². The number of hydrogen-bond acceptors (Lipinski definition) is 4. The Morgan fingerprint density at radius 3 is 2.05 bits per heavy atom. The molecular weight excluding hydrogens is 280 g/mol. The summed E-state index contributed by atoms with van der Waals surface area (Å²) >= 11 is 0. The van der Waals surface area contributed by atoms with Gasteiger partial charge in [-0.05, 0) is 25.7 Å². The second-order valence-corrected chi connectivity index (χ2v) is 6.40. The van der Waals surface area contributed by atoms with E-state index in [1.807, 2.05) is 0 Å². The van der Waals surface area contributed by atoms with Crippen molar-refractivity contribution in [2.24, 2.45) is 11.8 Å². The molecule has 2 rings (SSSR count). The third-order valence-corrected chi connectivity index (χ3v) is 4.23. The Kier molecular flexibility index (Phi) is 8.45. The first-order valence-corrected chi connectivity index (χ1v) is 8.94. The molecule has 4 heteroatoms. The molecule has 2 heterocycles. The lowest BCUT2D eigenvalue weighted by molar-refractivity contribution is -0.215. The predicted molar refractivity (Wildman–Crippen MR) is 86.6 cm³/mol. The Hall–Kier alpha value is -0.420. The molecule has 0 atom stereocenters. The highest BCUT2D eigenvalue weighted by molar-refractivity contribution is 4.89. The highest BCUT2D eigenvalue weighted by Crippen LogP contribution is 2.22. The average molecular weight is 312 g/mol. The van der Waals surface area contributed by atoms with Gasteiger partial charge < -0.3 is 18.9 Å². The summed E-state index contributed by atoms with van der Waals surface area (Å²) in [6.07, 6.45) is 10.8. The van der Waals surface area contributed by atoms with E-state index in [1.165, 1.54) is 6.42 Å². The van der Waals surface area contributed by atoms with Gasteiger partial charge in [-0.1, -0.05) is 38.8 Å². The van der Waals surface area contributed by atoms with Crippen molar-refractivity contribution in [3.05, 3.63) is 12.2 Å². The van der Waals surface area contributed by atoms with Gasteiger partial charge in [-0.3, -0.25) is 0 Å². The van der Waals surface area contributed by atoms with E-state index < -0.39 is 0 Å². The largest absolute Gasteiger partial charge is 0.352 e. The summed E-state index contributed by atoms with van der Waals surface area (Å²) in [7, 11) is 0. The van der Waals surface area contributed by atoms with E-state index in [0.29, 0.717) is 11.8 Å². The Morgan fingerprint density at radius 1 is 0.773 bits per heavy atom. The highest BCUT2D eigenvalue weighted by Gasteiger charge is 2.25. The number of unbranched alkanes of at least 4 members (excludes halogenated alkanes) is 1. The minimum absolute atomic E-state index is 0.0131. The van der Waals surface area contributed by atoms with Crippen molar-refractivity contribution in [1.29, 1.82) is 0 Å². The van der Waals surface area contributed by atoms with Crippen molar-refractivity contribution in [3.63, 3.8) is 0 Å². The van der Waals surface area contributed by atoms with Gasteiger partial charge in [0.2, 0.25) is 0 Å². The van der Waals surface area contributed by atoms with Crippen LogP contribution in [0, 0.1) is 11.8 Å². The van der Waals surface area contributed by atoms with Crippen molar-refractivity contribution in [2.75, 3.05) is 26.4 Å². The summed E-state index contributed by atoms with van der Waals surface area (Å²) in [6.45, 7) is 7.51. The monoisotopic (exact) mass is 312 g/mol. The maximum Gasteiger partial charge on any atom is 0.157 e. The predicted octanol–water partition coefficient (Wildman–Crippen LogP) is 3.90. The van der Waals surface area contributed by atoms with Crippen molar-refractivity contribution in [2.45, 2.75) is 65.0 Å². The first-order valence-electron chi connectivity index (χ1n) is 8.94. The van der Waals surface area contributed by atoms with Gasteiger partial charge in [0.25, 0.3) is 0 Å². The summed E-state index contributed by atoms with van der Waals surface area (Å²) in [6, 6.07) is 0. The molecule has 0 aromatic heterocycles. The number of allylic oxidation sites excluding steroid dienone is 1. The molecule has 2 aliphatic rings. The standard InChI is InChI=1S/C18H32O4/c1-3-5-6-8-15-11-21-18(22-12-15)10-9-16-13-19-17(7-4-2)20-14-16/h6,8,15-18H,3-5,7,9-14H2,1-2H3/b8-6+. The number of rotatable bonds is 8. The van der Waals surface area contributed by atoms with Crippen LogP contribution in [0.15, 0.2) is 12.2 Å². The van der Waals surface area contributed by atoms with Crippen LogP contribution in [0.2, 0.25) is 0 Å². The van der Waals surface area contributed by atoms with Gasteiger partial charge in [0, 0.05) is 11.8 Å². The molecule has 0 saturated carbocycles. The van der Waals surface area contributed by atoms with E-state index in [-0.39, 0.29) is 12.6 Å². The van der Waals surface area contributed by atoms with E-state index in [2.05, 4.69) is 26.0 Å².